The number of ether oxygens (including phenoxy) is 1. The van der Waals surface area contributed by atoms with Crippen LogP contribution in [0, 0.1) is 0 Å². The van der Waals surface area contributed by atoms with Gasteiger partial charge in [0.15, 0.2) is 5.82 Å². The van der Waals surface area contributed by atoms with Crippen LogP contribution >= 0.6 is 0 Å². The molecule has 0 saturated heterocycles. The van der Waals surface area contributed by atoms with Gasteiger partial charge in [0, 0.05) is 12.5 Å². The summed E-state index contributed by atoms with van der Waals surface area (Å²) in [4.78, 5) is 13.0. The number of methoxy groups -OCH3 is 1. The molecule has 0 fully saturated rings. The second kappa shape index (κ2) is 5.54. The van der Waals surface area contributed by atoms with Gasteiger partial charge in [-0.15, -0.1) is 0 Å². The Morgan fingerprint density at radius 3 is 2.25 bits per heavy atom. The van der Waals surface area contributed by atoms with Crippen LogP contribution in [0.5, 0.6) is 0 Å². The molecule has 0 amide bonds. The molecule has 5 nitrogen and oxygen atoms in total. The molecule has 5 heteroatoms. The lowest BCUT2D eigenvalue weighted by molar-refractivity contribution is 0.128. The van der Waals surface area contributed by atoms with E-state index in [1.54, 1.807) is 7.11 Å². The molecule has 2 N–H and O–H groups in total. The van der Waals surface area contributed by atoms with Gasteiger partial charge in [0.1, 0.15) is 11.9 Å². The highest BCUT2D eigenvalue weighted by Gasteiger charge is 2.23. The molecule has 1 heterocycles. The number of hydrogen-bond donors (Lipinski definition) is 1. The molecule has 1 aromatic carbocycles. The fourth-order valence-corrected chi connectivity index (χ4v) is 1.88. The quantitative estimate of drug-likeness (QED) is 0.929. The highest BCUT2D eigenvalue weighted by Crippen LogP contribution is 2.25. The van der Waals surface area contributed by atoms with Crippen molar-refractivity contribution in [1.82, 2.24) is 15.0 Å². The number of nitrogens with zero attached hydrogens (tertiary/aromatic N) is 3. The van der Waals surface area contributed by atoms with Gasteiger partial charge in [-0.3, -0.25) is 0 Å². The van der Waals surface area contributed by atoms with Gasteiger partial charge in [-0.1, -0.05) is 51.1 Å². The highest BCUT2D eigenvalue weighted by molar-refractivity contribution is 5.27. The van der Waals surface area contributed by atoms with Crippen LogP contribution in [0.25, 0.3) is 0 Å². The maximum atomic E-state index is 5.81. The van der Waals surface area contributed by atoms with Gasteiger partial charge in [-0.25, -0.2) is 4.98 Å². The molecule has 0 saturated carbocycles. The third-order valence-corrected chi connectivity index (χ3v) is 2.91. The van der Waals surface area contributed by atoms with Crippen LogP contribution in [0.1, 0.15) is 44.1 Å². The lowest BCUT2D eigenvalue weighted by atomic mass is 9.95. The van der Waals surface area contributed by atoms with Crippen molar-refractivity contribution in [3.8, 4) is 0 Å². The van der Waals surface area contributed by atoms with Crippen LogP contribution in [0.2, 0.25) is 0 Å². The van der Waals surface area contributed by atoms with Crippen molar-refractivity contribution < 1.29 is 4.74 Å². The fourth-order valence-electron chi connectivity index (χ4n) is 1.88. The monoisotopic (exact) mass is 272 g/mol. The fraction of sp³-hybridized carbons (Fsp3) is 0.400. The van der Waals surface area contributed by atoms with Crippen molar-refractivity contribution in [1.29, 1.82) is 0 Å². The number of anilines is 1. The molecule has 0 spiro atoms. The van der Waals surface area contributed by atoms with Crippen LogP contribution < -0.4 is 5.73 Å². The molecular weight excluding hydrogens is 252 g/mol. The molecule has 0 radical (unpaired) electrons. The summed E-state index contributed by atoms with van der Waals surface area (Å²) in [5.41, 5.74) is 6.60. The van der Waals surface area contributed by atoms with E-state index in [9.17, 15) is 0 Å². The van der Waals surface area contributed by atoms with E-state index in [-0.39, 0.29) is 17.5 Å². The smallest absolute Gasteiger partial charge is 0.223 e. The maximum Gasteiger partial charge on any atom is 0.223 e. The first-order chi connectivity index (χ1) is 9.41. The molecule has 1 atom stereocenters. The van der Waals surface area contributed by atoms with Gasteiger partial charge < -0.3 is 10.5 Å². The first-order valence-electron chi connectivity index (χ1n) is 6.51. The van der Waals surface area contributed by atoms with Gasteiger partial charge >= 0.3 is 0 Å². The zero-order valence-electron chi connectivity index (χ0n) is 12.3. The lowest BCUT2D eigenvalue weighted by Gasteiger charge is -2.20. The second-order valence-electron chi connectivity index (χ2n) is 5.65. The average molecular weight is 272 g/mol. The molecule has 1 unspecified atom stereocenters. The van der Waals surface area contributed by atoms with Gasteiger partial charge in [-0.2, -0.15) is 9.97 Å². The highest BCUT2D eigenvalue weighted by atomic mass is 16.5. The lowest BCUT2D eigenvalue weighted by Crippen LogP contribution is -2.21. The van der Waals surface area contributed by atoms with Crippen molar-refractivity contribution in [2.45, 2.75) is 32.3 Å². The van der Waals surface area contributed by atoms with E-state index in [1.807, 2.05) is 51.1 Å². The van der Waals surface area contributed by atoms with Gasteiger partial charge in [0.25, 0.3) is 0 Å². The molecule has 20 heavy (non-hydrogen) atoms. The molecule has 1 aromatic heterocycles. The van der Waals surface area contributed by atoms with E-state index in [0.717, 1.165) is 5.56 Å². The van der Waals surface area contributed by atoms with Crippen LogP contribution in [0.4, 0.5) is 5.95 Å². The topological polar surface area (TPSA) is 73.9 Å². The normalized spacial score (nSPS) is 13.2. The average Bonchev–Trinajstić information content (AvgIpc) is 2.39. The minimum Gasteiger partial charge on any atom is -0.369 e. The predicted molar refractivity (Wildman–Crippen MR) is 78.2 cm³/mol. The van der Waals surface area contributed by atoms with E-state index in [1.165, 1.54) is 0 Å². The van der Waals surface area contributed by atoms with Crippen molar-refractivity contribution in [2.75, 3.05) is 12.8 Å². The van der Waals surface area contributed by atoms with E-state index in [4.69, 9.17) is 10.5 Å². The van der Waals surface area contributed by atoms with Crippen molar-refractivity contribution in [3.05, 3.63) is 47.5 Å². The van der Waals surface area contributed by atoms with E-state index >= 15 is 0 Å². The van der Waals surface area contributed by atoms with Crippen LogP contribution in [-0.4, -0.2) is 22.1 Å². The zero-order valence-corrected chi connectivity index (χ0v) is 12.3. The first kappa shape index (κ1) is 14.4. The molecule has 106 valence electrons. The van der Waals surface area contributed by atoms with Crippen molar-refractivity contribution >= 4 is 5.95 Å². The van der Waals surface area contributed by atoms with E-state index < -0.39 is 0 Å². The zero-order chi connectivity index (χ0) is 14.8. The number of hydrogen-bond acceptors (Lipinski definition) is 5. The first-order valence-corrected chi connectivity index (χ1v) is 6.51. The Labute approximate surface area is 119 Å². The summed E-state index contributed by atoms with van der Waals surface area (Å²) in [6, 6.07) is 9.82. The minimum atomic E-state index is -0.345. The molecule has 0 aliphatic carbocycles. The third-order valence-electron chi connectivity index (χ3n) is 2.91. The number of nitrogen functional groups attached to an aromatic ring is 1. The Kier molecular flexibility index (Phi) is 3.99. The van der Waals surface area contributed by atoms with Crippen LogP contribution in [0.3, 0.4) is 0 Å². The molecule has 2 aromatic rings. The Hall–Kier alpha value is -2.01. The van der Waals surface area contributed by atoms with E-state index in [2.05, 4.69) is 15.0 Å². The van der Waals surface area contributed by atoms with Crippen molar-refractivity contribution in [3.63, 3.8) is 0 Å². The van der Waals surface area contributed by atoms with Crippen molar-refractivity contribution in [2.24, 2.45) is 0 Å². The molecule has 0 aliphatic heterocycles. The maximum absolute atomic E-state index is 5.81. The number of rotatable bonds is 3. The molecular formula is C15H20N4O. The summed E-state index contributed by atoms with van der Waals surface area (Å²) >= 11 is 0. The Balaban J connectivity index is 2.48. The Morgan fingerprint density at radius 1 is 1.05 bits per heavy atom. The van der Waals surface area contributed by atoms with Gasteiger partial charge in [0.05, 0.1) is 0 Å². The summed E-state index contributed by atoms with van der Waals surface area (Å²) in [5.74, 6) is 1.42. The summed E-state index contributed by atoms with van der Waals surface area (Å²) in [6.07, 6.45) is -0.345. The van der Waals surface area contributed by atoms with Crippen LogP contribution in [-0.2, 0) is 10.2 Å². The summed E-state index contributed by atoms with van der Waals surface area (Å²) in [5, 5.41) is 0. The SMILES string of the molecule is COC(c1ccccc1)c1nc(N)nc(C(C)(C)C)n1. The summed E-state index contributed by atoms with van der Waals surface area (Å²) in [6.45, 7) is 6.11. The van der Waals surface area contributed by atoms with Crippen LogP contribution in [0.15, 0.2) is 30.3 Å². The third kappa shape index (κ3) is 3.11. The predicted octanol–water partition coefficient (Wildman–Crippen LogP) is 2.49. The largest absolute Gasteiger partial charge is 0.369 e. The summed E-state index contributed by atoms with van der Waals surface area (Å²) < 4.78 is 5.54. The number of nitrogens with two attached hydrogens (primary N) is 1. The Bertz CT molecular complexity index is 578. The van der Waals surface area contributed by atoms with E-state index in [0.29, 0.717) is 11.6 Å². The molecule has 2 rings (SSSR count). The standard InChI is InChI=1S/C15H20N4O/c1-15(2,3)13-17-12(18-14(16)19-13)11(20-4)10-8-6-5-7-9-10/h5-9,11H,1-4H3,(H2,16,17,18,19). The molecule has 0 aliphatic rings. The Morgan fingerprint density at radius 2 is 1.70 bits per heavy atom. The van der Waals surface area contributed by atoms with Gasteiger partial charge in [-0.05, 0) is 5.56 Å². The summed E-state index contributed by atoms with van der Waals surface area (Å²) in [7, 11) is 1.63. The minimum absolute atomic E-state index is 0.194. The van der Waals surface area contributed by atoms with Gasteiger partial charge in [0.2, 0.25) is 5.95 Å². The number of benzene rings is 1. The molecule has 0 bridgehead atoms. The number of aromatic nitrogens is 3. The second-order valence-corrected chi connectivity index (χ2v) is 5.65.